The maximum absolute atomic E-state index is 11.6. The number of carbonyl (C=O) groups is 1. The number of halogens is 1. The van der Waals surface area contributed by atoms with Crippen molar-refractivity contribution in [3.63, 3.8) is 0 Å². The lowest BCUT2D eigenvalue weighted by Crippen LogP contribution is -2.43. The van der Waals surface area contributed by atoms with E-state index in [1.54, 1.807) is 7.05 Å². The molecule has 0 radical (unpaired) electrons. The van der Waals surface area contributed by atoms with Gasteiger partial charge in [-0.1, -0.05) is 13.8 Å². The molecule has 1 aromatic heterocycles. The maximum atomic E-state index is 11.6. The van der Waals surface area contributed by atoms with E-state index in [4.69, 9.17) is 4.74 Å². The third-order valence-corrected chi connectivity index (χ3v) is 3.54. The van der Waals surface area contributed by atoms with E-state index in [-0.39, 0.29) is 24.0 Å². The van der Waals surface area contributed by atoms with Crippen LogP contribution in [0.2, 0.25) is 0 Å². The molecule has 1 aromatic rings. The second-order valence-electron chi connectivity index (χ2n) is 7.63. The summed E-state index contributed by atoms with van der Waals surface area (Å²) in [4.78, 5) is 18.0. The Morgan fingerprint density at radius 1 is 1.33 bits per heavy atom. The molecule has 0 saturated carbocycles. The van der Waals surface area contributed by atoms with E-state index in [9.17, 15) is 4.79 Å². The van der Waals surface area contributed by atoms with Crippen molar-refractivity contribution in [3.05, 3.63) is 17.5 Å². The zero-order valence-corrected chi connectivity index (χ0v) is 20.1. The van der Waals surface area contributed by atoms with Gasteiger partial charge in [-0.25, -0.2) is 4.79 Å². The summed E-state index contributed by atoms with van der Waals surface area (Å²) < 4.78 is 7.05. The first-order chi connectivity index (χ1) is 12.0. The summed E-state index contributed by atoms with van der Waals surface area (Å²) in [6.07, 6.45) is 1.63. The Labute approximate surface area is 180 Å². The lowest BCUT2D eigenvalue weighted by atomic mass is 10.1. The summed E-state index contributed by atoms with van der Waals surface area (Å²) in [6, 6.07) is 0. The van der Waals surface area contributed by atoms with Crippen molar-refractivity contribution in [1.29, 1.82) is 0 Å². The standard InChI is InChI=1S/C18H34N6O2.HI/c1-13(2)15-14(12-24(8)22-15)11-23(7)16(19-6)20-9-10-21-17(25)26-18(3,4)5;/h12-13H,9-11H2,1-8H3,(H,19,20)(H,21,25);1H. The first-order valence-corrected chi connectivity index (χ1v) is 8.94. The largest absolute Gasteiger partial charge is 0.444 e. The topological polar surface area (TPSA) is 83.8 Å². The number of aromatic nitrogens is 2. The lowest BCUT2D eigenvalue weighted by molar-refractivity contribution is 0.0529. The van der Waals surface area contributed by atoms with Crippen molar-refractivity contribution in [1.82, 2.24) is 25.3 Å². The number of carbonyl (C=O) groups excluding carboxylic acids is 1. The first kappa shape index (κ1) is 25.5. The van der Waals surface area contributed by atoms with Crippen LogP contribution < -0.4 is 10.6 Å². The van der Waals surface area contributed by atoms with Crippen molar-refractivity contribution in [2.45, 2.75) is 52.7 Å². The highest BCUT2D eigenvalue weighted by molar-refractivity contribution is 14.0. The minimum Gasteiger partial charge on any atom is -0.444 e. The zero-order valence-electron chi connectivity index (χ0n) is 17.8. The van der Waals surface area contributed by atoms with Gasteiger partial charge in [0.15, 0.2) is 5.96 Å². The number of rotatable bonds is 6. The number of aliphatic imine (C=N–C) groups is 1. The molecule has 0 spiro atoms. The van der Waals surface area contributed by atoms with E-state index in [2.05, 4.69) is 34.6 Å². The first-order valence-electron chi connectivity index (χ1n) is 8.94. The van der Waals surface area contributed by atoms with E-state index >= 15 is 0 Å². The Morgan fingerprint density at radius 2 is 1.93 bits per heavy atom. The number of nitrogens with zero attached hydrogens (tertiary/aromatic N) is 4. The van der Waals surface area contributed by atoms with Gasteiger partial charge in [0.1, 0.15) is 5.60 Å². The Hall–Kier alpha value is -1.52. The van der Waals surface area contributed by atoms with Crippen LogP contribution >= 0.6 is 24.0 Å². The Bertz CT molecular complexity index is 622. The molecule has 8 nitrogen and oxygen atoms in total. The number of nitrogens with one attached hydrogen (secondary N) is 2. The third kappa shape index (κ3) is 9.30. The quantitative estimate of drug-likeness (QED) is 0.275. The number of aryl methyl sites for hydroxylation is 1. The van der Waals surface area contributed by atoms with Crippen LogP contribution in [-0.4, -0.2) is 59.5 Å². The van der Waals surface area contributed by atoms with Crippen LogP contribution in [0, 0.1) is 0 Å². The minimum atomic E-state index is -0.494. The second kappa shape index (κ2) is 11.4. The predicted molar refractivity (Wildman–Crippen MR) is 120 cm³/mol. The lowest BCUT2D eigenvalue weighted by Gasteiger charge is -2.23. The van der Waals surface area contributed by atoms with Crippen molar-refractivity contribution in [2.24, 2.45) is 12.0 Å². The molecule has 0 bridgehead atoms. The van der Waals surface area contributed by atoms with Gasteiger partial charge in [0, 0.05) is 52.5 Å². The average Bonchev–Trinajstić information content (AvgIpc) is 2.86. The van der Waals surface area contributed by atoms with E-state index in [1.807, 2.05) is 50.6 Å². The summed E-state index contributed by atoms with van der Waals surface area (Å²) in [7, 11) is 5.66. The van der Waals surface area contributed by atoms with Gasteiger partial charge in [0.2, 0.25) is 0 Å². The van der Waals surface area contributed by atoms with Gasteiger partial charge in [-0.3, -0.25) is 9.67 Å². The molecule has 0 aliphatic carbocycles. The number of ether oxygens (including phenoxy) is 1. The molecule has 0 aliphatic heterocycles. The maximum Gasteiger partial charge on any atom is 0.407 e. The molecule has 156 valence electrons. The highest BCUT2D eigenvalue weighted by atomic mass is 127. The Kier molecular flexibility index (Phi) is 10.7. The van der Waals surface area contributed by atoms with Crippen LogP contribution in [0.5, 0.6) is 0 Å². The molecule has 9 heteroatoms. The van der Waals surface area contributed by atoms with Gasteiger partial charge >= 0.3 is 6.09 Å². The van der Waals surface area contributed by atoms with Gasteiger partial charge in [-0.2, -0.15) is 5.10 Å². The van der Waals surface area contributed by atoms with Crippen molar-refractivity contribution < 1.29 is 9.53 Å². The summed E-state index contributed by atoms with van der Waals surface area (Å²) in [5.74, 6) is 1.13. The molecular weight excluding hydrogens is 459 g/mol. The summed E-state index contributed by atoms with van der Waals surface area (Å²) in [6.45, 7) is 11.5. The molecule has 0 saturated heterocycles. The van der Waals surface area contributed by atoms with Gasteiger partial charge in [-0.05, 0) is 26.7 Å². The van der Waals surface area contributed by atoms with Gasteiger partial charge in [0.25, 0.3) is 0 Å². The van der Waals surface area contributed by atoms with E-state index in [0.29, 0.717) is 25.6 Å². The van der Waals surface area contributed by atoms with Gasteiger partial charge in [0.05, 0.1) is 5.69 Å². The fourth-order valence-electron chi connectivity index (χ4n) is 2.53. The van der Waals surface area contributed by atoms with Crippen LogP contribution in [0.25, 0.3) is 0 Å². The van der Waals surface area contributed by atoms with Crippen LogP contribution in [0.4, 0.5) is 4.79 Å². The van der Waals surface area contributed by atoms with Crippen LogP contribution in [0.1, 0.15) is 51.8 Å². The molecule has 0 atom stereocenters. The molecule has 0 fully saturated rings. The number of alkyl carbamates (subject to hydrolysis) is 1. The summed E-state index contributed by atoms with van der Waals surface area (Å²) in [5.41, 5.74) is 1.78. The molecule has 0 unspecified atom stereocenters. The van der Waals surface area contributed by atoms with Crippen molar-refractivity contribution in [3.8, 4) is 0 Å². The molecule has 1 rings (SSSR count). The van der Waals surface area contributed by atoms with Crippen LogP contribution in [0.3, 0.4) is 0 Å². The number of guanidine groups is 1. The monoisotopic (exact) mass is 494 g/mol. The Morgan fingerprint density at radius 3 is 2.44 bits per heavy atom. The third-order valence-electron chi connectivity index (χ3n) is 3.54. The number of hydrogen-bond acceptors (Lipinski definition) is 4. The van der Waals surface area contributed by atoms with Crippen LogP contribution in [-0.2, 0) is 18.3 Å². The highest BCUT2D eigenvalue weighted by Crippen LogP contribution is 2.18. The van der Waals surface area contributed by atoms with Crippen molar-refractivity contribution in [2.75, 3.05) is 27.2 Å². The van der Waals surface area contributed by atoms with Crippen molar-refractivity contribution >= 4 is 36.0 Å². The molecular formula is C18H35IN6O2. The zero-order chi connectivity index (χ0) is 19.9. The number of amides is 1. The second-order valence-corrected chi connectivity index (χ2v) is 7.63. The van der Waals surface area contributed by atoms with Gasteiger partial charge < -0.3 is 20.3 Å². The van der Waals surface area contributed by atoms with E-state index < -0.39 is 11.7 Å². The van der Waals surface area contributed by atoms with E-state index in [1.165, 1.54) is 5.56 Å². The Balaban J connectivity index is 0.00000676. The molecule has 1 amide bonds. The molecule has 0 aliphatic rings. The molecule has 2 N–H and O–H groups in total. The SMILES string of the molecule is CN=C(NCCNC(=O)OC(C)(C)C)N(C)Cc1cn(C)nc1C(C)C.I. The van der Waals surface area contributed by atoms with Crippen LogP contribution in [0.15, 0.2) is 11.2 Å². The smallest absolute Gasteiger partial charge is 0.407 e. The van der Waals surface area contributed by atoms with Gasteiger partial charge in [-0.15, -0.1) is 24.0 Å². The molecule has 1 heterocycles. The minimum absolute atomic E-state index is 0. The highest BCUT2D eigenvalue weighted by Gasteiger charge is 2.16. The fourth-order valence-corrected chi connectivity index (χ4v) is 2.53. The normalized spacial score (nSPS) is 11.8. The summed E-state index contributed by atoms with van der Waals surface area (Å²) in [5, 5.41) is 10.5. The fraction of sp³-hybridized carbons (Fsp3) is 0.722. The molecule has 0 aromatic carbocycles. The number of hydrogen-bond donors (Lipinski definition) is 2. The predicted octanol–water partition coefficient (Wildman–Crippen LogP) is 2.69. The average molecular weight is 494 g/mol. The van der Waals surface area contributed by atoms with E-state index in [0.717, 1.165) is 11.7 Å². The summed E-state index contributed by atoms with van der Waals surface area (Å²) >= 11 is 0. The molecule has 27 heavy (non-hydrogen) atoms.